The van der Waals surface area contributed by atoms with Gasteiger partial charge in [-0.15, -0.1) is 0 Å². The second-order valence-electron chi connectivity index (χ2n) is 11.8. The monoisotopic (exact) mass is 638 g/mol. The van der Waals surface area contributed by atoms with Gasteiger partial charge < -0.3 is 9.80 Å². The van der Waals surface area contributed by atoms with Gasteiger partial charge in [0, 0.05) is 55.3 Å². The highest BCUT2D eigenvalue weighted by molar-refractivity contribution is 5.79. The van der Waals surface area contributed by atoms with E-state index in [2.05, 4.69) is 66.8 Å². The van der Waals surface area contributed by atoms with Gasteiger partial charge in [0.15, 0.2) is 0 Å². The Kier molecular flexibility index (Phi) is 24.5. The Morgan fingerprint density at radius 3 is 1.36 bits per heavy atom. The molecule has 0 radical (unpaired) electrons. The summed E-state index contributed by atoms with van der Waals surface area (Å²) < 4.78 is 0. The highest BCUT2D eigenvalue weighted by Crippen LogP contribution is 2.04. The Morgan fingerprint density at radius 2 is 1.13 bits per heavy atom. The van der Waals surface area contributed by atoms with Crippen molar-refractivity contribution in [2.75, 3.05) is 46.8 Å². The quantitative estimate of drug-likeness (QED) is 0.194. The van der Waals surface area contributed by atoms with Crippen LogP contribution >= 0.6 is 0 Å². The number of piperidine rings is 1. The molecule has 0 amide bonds. The summed E-state index contributed by atoms with van der Waals surface area (Å²) in [4.78, 5) is 28.0. The van der Waals surface area contributed by atoms with E-state index in [1.807, 2.05) is 82.6 Å². The molecule has 8 heteroatoms. The van der Waals surface area contributed by atoms with Crippen molar-refractivity contribution >= 4 is 6.21 Å². The van der Waals surface area contributed by atoms with E-state index in [0.717, 1.165) is 17.8 Å². The Labute approximate surface area is 285 Å². The van der Waals surface area contributed by atoms with E-state index >= 15 is 0 Å². The van der Waals surface area contributed by atoms with Crippen LogP contribution in [0, 0.1) is 27.7 Å². The van der Waals surface area contributed by atoms with Crippen molar-refractivity contribution in [2.45, 2.75) is 66.7 Å². The smallest absolute Gasteiger partial charge is 0.115 e. The Hall–Kier alpha value is -4.14. The van der Waals surface area contributed by atoms with Crippen LogP contribution in [-0.2, 0) is 0 Å². The molecule has 7 heterocycles. The van der Waals surface area contributed by atoms with Crippen LogP contribution in [0.1, 0.15) is 61.4 Å². The Balaban J connectivity index is 0.000000274. The maximum Gasteiger partial charge on any atom is 0.115 e. The van der Waals surface area contributed by atoms with E-state index in [-0.39, 0.29) is 0 Å². The van der Waals surface area contributed by atoms with Crippen LogP contribution in [-0.4, -0.2) is 87.8 Å². The van der Waals surface area contributed by atoms with Crippen LogP contribution in [0.25, 0.3) is 0 Å². The lowest BCUT2D eigenvalue weighted by molar-refractivity contribution is 0.277. The fraction of sp³-hybridized carbons (Fsp3) is 0.436. The van der Waals surface area contributed by atoms with E-state index in [0.29, 0.717) is 0 Å². The summed E-state index contributed by atoms with van der Waals surface area (Å²) in [6, 6.07) is 13.7. The predicted octanol–water partition coefficient (Wildman–Crippen LogP) is 7.79. The number of nitrogens with zero attached hydrogens (tertiary/aromatic N) is 8. The minimum Gasteiger partial charge on any atom is -0.306 e. The van der Waals surface area contributed by atoms with Crippen LogP contribution in [0.3, 0.4) is 0 Å². The molecule has 4 aromatic heterocycles. The molecule has 7 rings (SSSR count). The molecule has 3 aliphatic heterocycles. The summed E-state index contributed by atoms with van der Waals surface area (Å²) in [6.07, 6.45) is 25.1. The normalized spacial score (nSPS) is 14.6. The first-order valence-electron chi connectivity index (χ1n) is 16.6. The molecule has 47 heavy (non-hydrogen) atoms. The van der Waals surface area contributed by atoms with Crippen LogP contribution in [0.4, 0.5) is 0 Å². The third-order valence-corrected chi connectivity index (χ3v) is 6.88. The zero-order valence-corrected chi connectivity index (χ0v) is 30.0. The Bertz CT molecular complexity index is 1140. The third kappa shape index (κ3) is 26.8. The molecule has 3 aliphatic rings. The van der Waals surface area contributed by atoms with Gasteiger partial charge in [-0.05, 0) is 153 Å². The third-order valence-electron chi connectivity index (χ3n) is 6.88. The molecular weight excluding hydrogens is 580 g/mol. The summed E-state index contributed by atoms with van der Waals surface area (Å²) in [5, 5.41) is 0. The summed E-state index contributed by atoms with van der Waals surface area (Å²) in [6.45, 7) is 16.2. The minimum atomic E-state index is 0.895. The minimum absolute atomic E-state index is 0.895. The van der Waals surface area contributed by atoms with Gasteiger partial charge >= 0.3 is 0 Å². The summed E-state index contributed by atoms with van der Waals surface area (Å²) in [5.74, 6) is 0. The van der Waals surface area contributed by atoms with Gasteiger partial charge in [0.05, 0.1) is 6.54 Å². The van der Waals surface area contributed by atoms with E-state index < -0.39 is 0 Å². The number of aryl methyl sites for hydroxylation is 4. The molecule has 0 N–H and O–H groups in total. The number of hydrogen-bond donors (Lipinski definition) is 0. The van der Waals surface area contributed by atoms with Crippen molar-refractivity contribution < 1.29 is 0 Å². The molecule has 0 aromatic carbocycles. The van der Waals surface area contributed by atoms with Crippen molar-refractivity contribution in [3.05, 3.63) is 126 Å². The molecule has 0 saturated carbocycles. The van der Waals surface area contributed by atoms with Gasteiger partial charge in [0.1, 0.15) is 6.33 Å². The molecule has 2 fully saturated rings. The zero-order valence-electron chi connectivity index (χ0n) is 30.0. The fourth-order valence-electron chi connectivity index (χ4n) is 4.07. The maximum atomic E-state index is 3.98. The van der Waals surface area contributed by atoms with Crippen molar-refractivity contribution in [1.29, 1.82) is 0 Å². The second-order valence-corrected chi connectivity index (χ2v) is 11.8. The van der Waals surface area contributed by atoms with Crippen LogP contribution in [0.5, 0.6) is 0 Å². The summed E-state index contributed by atoms with van der Waals surface area (Å²) >= 11 is 0. The number of hydrogen-bond acceptors (Lipinski definition) is 8. The first kappa shape index (κ1) is 40.9. The molecule has 8 nitrogen and oxygen atoms in total. The summed E-state index contributed by atoms with van der Waals surface area (Å²) in [5.41, 5.74) is 5.93. The SMILES string of the molecule is CC1=CCN=C1.CN1CCCC1.CN1CCCCC1.Cc1ccccn1.Cc1cccnc1.Cc1ccncc1.Cc1cncnc1. The second kappa shape index (κ2) is 28.1. The first-order valence-corrected chi connectivity index (χ1v) is 16.6. The van der Waals surface area contributed by atoms with E-state index in [1.54, 1.807) is 37.2 Å². The van der Waals surface area contributed by atoms with E-state index in [4.69, 9.17) is 0 Å². The highest BCUT2D eigenvalue weighted by Gasteiger charge is 2.03. The van der Waals surface area contributed by atoms with E-state index in [1.165, 1.54) is 81.3 Å². The number of allylic oxidation sites excluding steroid dienone is 1. The lowest BCUT2D eigenvalue weighted by Crippen LogP contribution is -2.24. The highest BCUT2D eigenvalue weighted by atomic mass is 15.1. The molecule has 254 valence electrons. The van der Waals surface area contributed by atoms with Crippen molar-refractivity contribution in [3.8, 4) is 0 Å². The van der Waals surface area contributed by atoms with Crippen LogP contribution < -0.4 is 0 Å². The average Bonchev–Trinajstić information content (AvgIpc) is 3.78. The largest absolute Gasteiger partial charge is 0.306 e. The topological polar surface area (TPSA) is 83.3 Å². The number of aliphatic imine (C=N–C) groups is 1. The van der Waals surface area contributed by atoms with E-state index in [9.17, 15) is 0 Å². The molecule has 0 unspecified atom stereocenters. The van der Waals surface area contributed by atoms with Gasteiger partial charge in [0.25, 0.3) is 0 Å². The summed E-state index contributed by atoms with van der Waals surface area (Å²) in [7, 11) is 4.37. The molecule has 4 aromatic rings. The lowest BCUT2D eigenvalue weighted by atomic mass is 10.1. The number of pyridine rings is 3. The van der Waals surface area contributed by atoms with Gasteiger partial charge in [-0.3, -0.25) is 19.9 Å². The lowest BCUT2D eigenvalue weighted by Gasteiger charge is -2.20. The molecule has 0 aliphatic carbocycles. The van der Waals surface area contributed by atoms with Gasteiger partial charge in [-0.1, -0.05) is 24.6 Å². The zero-order chi connectivity index (χ0) is 34.4. The number of likely N-dealkylation sites (tertiary alicyclic amines) is 2. The molecule has 2 saturated heterocycles. The standard InChI is InChI=1S/2C6H7N.C6H13N.C6H7N.C5H6N2.C5H7N.C5H11N/c1-6-2-4-7-5-3-6;1-6-3-2-4-7-5-6;1-7-5-3-2-4-6-7;1-6-4-2-3-5-7-6;1-5-2-6-4-7-3-5;1-5-2-3-6-4-5;1-6-4-2-3-5-6/h2*2-5H,1H3;2-6H2,1H3;2-5H,1H3;2-4H,1H3;2,4H,3H2,1H3;2-5H2,1H3. The van der Waals surface area contributed by atoms with Crippen LogP contribution in [0.15, 0.2) is 109 Å². The molecular formula is C39H58N8. The van der Waals surface area contributed by atoms with Crippen LogP contribution in [0.2, 0.25) is 0 Å². The molecule has 0 spiro atoms. The van der Waals surface area contributed by atoms with Crippen molar-refractivity contribution in [1.82, 2.24) is 34.7 Å². The fourth-order valence-corrected chi connectivity index (χ4v) is 4.07. The molecule has 0 bridgehead atoms. The Morgan fingerprint density at radius 1 is 0.532 bits per heavy atom. The molecule has 0 atom stereocenters. The maximum absolute atomic E-state index is 3.98. The average molecular weight is 639 g/mol. The van der Waals surface area contributed by atoms with Crippen molar-refractivity contribution in [2.24, 2.45) is 4.99 Å². The van der Waals surface area contributed by atoms with Gasteiger partial charge in [0.2, 0.25) is 0 Å². The number of aromatic nitrogens is 5. The van der Waals surface area contributed by atoms with Gasteiger partial charge in [-0.25, -0.2) is 9.97 Å². The van der Waals surface area contributed by atoms with Gasteiger partial charge in [-0.2, -0.15) is 0 Å². The predicted molar refractivity (Wildman–Crippen MR) is 199 cm³/mol. The number of rotatable bonds is 0. The van der Waals surface area contributed by atoms with Crippen molar-refractivity contribution in [3.63, 3.8) is 0 Å². The first-order chi connectivity index (χ1) is 22.8.